The minimum atomic E-state index is -10.7. The molecule has 0 spiro atoms. The van der Waals surface area contributed by atoms with E-state index < -0.39 is 7.81 Å². The maximum atomic E-state index is 9.87. The molecule has 0 aromatic heterocycles. The Hall–Kier alpha value is -1.99. The number of hydrogen-bond donors (Lipinski definition) is 0. The van der Waals surface area contributed by atoms with Crippen LogP contribution in [0.5, 0.6) is 11.5 Å². The predicted octanol–water partition coefficient (Wildman–Crippen LogP) is 6.19. The molecule has 1 heterocycles. The molecule has 1 aliphatic rings. The number of hydrogen-bond acceptors (Lipinski definition) is 5. The van der Waals surface area contributed by atoms with Crippen LogP contribution in [0, 0.1) is 5.39 Å². The van der Waals surface area contributed by atoms with Crippen molar-refractivity contribution in [1.82, 2.24) is 0 Å². The number of ether oxygens (including phenoxy) is 3. The van der Waals surface area contributed by atoms with Crippen LogP contribution in [0.3, 0.4) is 0 Å². The van der Waals surface area contributed by atoms with Gasteiger partial charge in [-0.2, -0.15) is 0 Å². The van der Waals surface area contributed by atoms with Crippen molar-refractivity contribution in [2.24, 2.45) is 0 Å². The number of nitrogens with zero attached hydrogens (tertiary/aromatic N) is 3. The fourth-order valence-corrected chi connectivity index (χ4v) is 2.21. The molecule has 6 nitrogen and oxygen atoms in total. The topological polar surface area (TPSA) is 59.1 Å². The van der Waals surface area contributed by atoms with Crippen molar-refractivity contribution in [2.45, 2.75) is 13.8 Å². The summed E-state index contributed by atoms with van der Waals surface area (Å²) in [4.78, 5) is 5.46. The normalized spacial score (nSPS) is 16.9. The van der Waals surface area contributed by atoms with E-state index in [2.05, 4.69) is 9.88 Å². The van der Waals surface area contributed by atoms with Gasteiger partial charge in [0.15, 0.2) is 10.7 Å². The average Bonchev–Trinajstić information content (AvgIpc) is 2.54. The summed E-state index contributed by atoms with van der Waals surface area (Å²) < 4.78 is 75.7. The Morgan fingerprint density at radius 3 is 1.93 bits per heavy atom. The fourth-order valence-electron chi connectivity index (χ4n) is 2.21. The Bertz CT molecular complexity index is 676. The summed E-state index contributed by atoms with van der Waals surface area (Å²) in [5.74, 6) is 1.26. The second-order valence-corrected chi connectivity index (χ2v) is 7.23. The molecule has 1 aromatic rings. The standard InChI is InChI=1S/C14H20N3O3.F6P/c1-3-19-13-10-12(17-5-7-18-8-6-17)14(20-4-2)9-11(13)16-15;1-7(2,3,4,5)6/h9-10H,3-8H2,1-2H3;/q+1;-1. The van der Waals surface area contributed by atoms with E-state index in [9.17, 15) is 25.2 Å². The summed E-state index contributed by atoms with van der Waals surface area (Å²) in [6.45, 7) is 7.89. The molecular weight excluding hydrogens is 403 g/mol. The quantitative estimate of drug-likeness (QED) is 0.321. The summed E-state index contributed by atoms with van der Waals surface area (Å²) >= 11 is 0. The van der Waals surface area contributed by atoms with Crippen molar-refractivity contribution in [3.63, 3.8) is 0 Å². The Balaban J connectivity index is 0.000000445. The van der Waals surface area contributed by atoms with Crippen molar-refractivity contribution in [2.75, 3.05) is 44.4 Å². The van der Waals surface area contributed by atoms with Crippen LogP contribution < -0.4 is 14.4 Å². The summed E-state index contributed by atoms with van der Waals surface area (Å²) in [6, 6.07) is 3.58. The first kappa shape index (κ1) is 23.0. The summed E-state index contributed by atoms with van der Waals surface area (Å²) in [7, 11) is -10.7. The third-order valence-electron chi connectivity index (χ3n) is 3.10. The summed E-state index contributed by atoms with van der Waals surface area (Å²) in [5, 5.41) is 9.09. The van der Waals surface area contributed by atoms with Crippen LogP contribution in [0.2, 0.25) is 0 Å². The van der Waals surface area contributed by atoms with Gasteiger partial charge < -0.3 is 19.1 Å². The van der Waals surface area contributed by atoms with E-state index in [1.807, 2.05) is 19.9 Å². The molecule has 0 N–H and O–H groups in total. The molecule has 0 bridgehead atoms. The van der Waals surface area contributed by atoms with E-state index >= 15 is 0 Å². The zero-order valence-electron chi connectivity index (χ0n) is 14.7. The zero-order valence-corrected chi connectivity index (χ0v) is 15.6. The van der Waals surface area contributed by atoms with Crippen LogP contribution in [-0.4, -0.2) is 39.5 Å². The van der Waals surface area contributed by atoms with Gasteiger partial charge in [0.2, 0.25) is 11.1 Å². The molecule has 0 aliphatic carbocycles. The van der Waals surface area contributed by atoms with Crippen molar-refractivity contribution < 1.29 is 39.4 Å². The number of benzene rings is 1. The van der Waals surface area contributed by atoms with Gasteiger partial charge in [-0.25, -0.2) is 0 Å². The molecular formula is C14H20F6N3O3P. The number of diazo groups is 1. The Kier molecular flexibility index (Phi) is 6.78. The second-order valence-electron chi connectivity index (χ2n) is 5.31. The Morgan fingerprint density at radius 2 is 1.48 bits per heavy atom. The molecule has 27 heavy (non-hydrogen) atoms. The van der Waals surface area contributed by atoms with Crippen LogP contribution in [0.15, 0.2) is 12.1 Å². The fraction of sp³-hybridized carbons (Fsp3) is 0.571. The molecule has 1 aliphatic heterocycles. The van der Waals surface area contributed by atoms with Crippen molar-refractivity contribution in [3.8, 4) is 11.5 Å². The molecule has 1 fully saturated rings. The Morgan fingerprint density at radius 1 is 1.00 bits per heavy atom. The molecule has 0 atom stereocenters. The maximum absolute atomic E-state index is 10.7. The van der Waals surface area contributed by atoms with Gasteiger partial charge in [0.1, 0.15) is 0 Å². The molecule has 13 heteroatoms. The van der Waals surface area contributed by atoms with Crippen molar-refractivity contribution in [1.29, 1.82) is 5.39 Å². The average molecular weight is 423 g/mol. The monoisotopic (exact) mass is 423 g/mol. The van der Waals surface area contributed by atoms with E-state index in [0.29, 0.717) is 43.6 Å². The van der Waals surface area contributed by atoms with Gasteiger partial charge in [-0.05, 0) is 13.8 Å². The van der Waals surface area contributed by atoms with Crippen LogP contribution >= 0.6 is 7.81 Å². The van der Waals surface area contributed by atoms with Gasteiger partial charge in [0, 0.05) is 19.2 Å². The van der Waals surface area contributed by atoms with E-state index in [4.69, 9.17) is 19.6 Å². The molecule has 0 radical (unpaired) electrons. The van der Waals surface area contributed by atoms with Crippen LogP contribution in [0.25, 0.3) is 4.98 Å². The molecule has 1 saturated heterocycles. The number of morpholine rings is 1. The van der Waals surface area contributed by atoms with E-state index in [0.717, 1.165) is 18.8 Å². The molecule has 0 amide bonds. The number of halogens is 6. The first-order valence-electron chi connectivity index (χ1n) is 7.93. The van der Waals surface area contributed by atoms with E-state index in [1.54, 1.807) is 6.07 Å². The van der Waals surface area contributed by atoms with Gasteiger partial charge in [-0.1, -0.05) is 0 Å². The second kappa shape index (κ2) is 7.94. The first-order chi connectivity index (χ1) is 12.2. The molecule has 2 rings (SSSR count). The van der Waals surface area contributed by atoms with Crippen molar-refractivity contribution >= 4 is 19.2 Å². The third-order valence-corrected chi connectivity index (χ3v) is 3.10. The van der Waals surface area contributed by atoms with Gasteiger partial charge >= 0.3 is 38.7 Å². The molecule has 0 unspecified atom stereocenters. The summed E-state index contributed by atoms with van der Waals surface area (Å²) in [5.41, 5.74) is 1.33. The predicted molar refractivity (Wildman–Crippen MR) is 90.1 cm³/mol. The zero-order chi connectivity index (χ0) is 20.8. The van der Waals surface area contributed by atoms with Gasteiger partial charge in [-0.15, -0.1) is 0 Å². The third kappa shape index (κ3) is 10.1. The first-order valence-corrected chi connectivity index (χ1v) is 9.95. The summed E-state index contributed by atoms with van der Waals surface area (Å²) in [6.07, 6.45) is 0. The number of rotatable bonds is 5. The van der Waals surface area contributed by atoms with Crippen LogP contribution in [-0.2, 0) is 4.74 Å². The number of anilines is 1. The van der Waals surface area contributed by atoms with E-state index in [1.165, 1.54) is 0 Å². The SMILES string of the molecule is CCOc1cc(N2CCOCC2)c(OCC)cc1[N+]#N.F[P-](F)(F)(F)(F)F. The van der Waals surface area contributed by atoms with Crippen LogP contribution in [0.4, 0.5) is 36.6 Å². The molecule has 156 valence electrons. The van der Waals surface area contributed by atoms with Crippen molar-refractivity contribution in [3.05, 3.63) is 17.1 Å². The minimum absolute atomic E-state index is 0.382. The molecule has 0 saturated carbocycles. The van der Waals surface area contributed by atoms with Gasteiger partial charge in [-0.3, -0.25) is 0 Å². The van der Waals surface area contributed by atoms with Gasteiger partial charge in [0.25, 0.3) is 0 Å². The Labute approximate surface area is 151 Å². The van der Waals surface area contributed by atoms with Crippen LogP contribution in [0.1, 0.15) is 13.8 Å². The van der Waals surface area contributed by atoms with E-state index in [-0.39, 0.29) is 0 Å². The van der Waals surface area contributed by atoms with Gasteiger partial charge in [0.05, 0.1) is 38.2 Å². The molecule has 1 aromatic carbocycles.